The summed E-state index contributed by atoms with van der Waals surface area (Å²) in [6, 6.07) is 2.66. The van der Waals surface area contributed by atoms with Gasteiger partial charge in [0, 0.05) is 12.6 Å². The standard InChI is InChI=1S/C10H14BrFN2O2/c1-10(16,5-15)4-14-9-3-7(12)6(11)2-8(9)13/h2-3,14-16H,4-5,13H2,1H3. The van der Waals surface area contributed by atoms with E-state index in [4.69, 9.17) is 10.8 Å². The molecule has 6 heteroatoms. The Hall–Kier alpha value is -0.850. The summed E-state index contributed by atoms with van der Waals surface area (Å²) in [5.41, 5.74) is 5.14. The lowest BCUT2D eigenvalue weighted by Gasteiger charge is -2.22. The molecule has 0 amide bonds. The minimum Gasteiger partial charge on any atom is -0.397 e. The van der Waals surface area contributed by atoms with Gasteiger partial charge >= 0.3 is 0 Å². The lowest BCUT2D eigenvalue weighted by molar-refractivity contribution is 0.0132. The molecule has 0 aliphatic rings. The van der Waals surface area contributed by atoms with E-state index in [-0.39, 0.29) is 17.6 Å². The quantitative estimate of drug-likeness (QED) is 0.631. The second-order valence-electron chi connectivity index (χ2n) is 3.86. The topological polar surface area (TPSA) is 78.5 Å². The smallest absolute Gasteiger partial charge is 0.139 e. The average Bonchev–Trinajstić information content (AvgIpc) is 2.22. The van der Waals surface area contributed by atoms with E-state index < -0.39 is 11.4 Å². The largest absolute Gasteiger partial charge is 0.397 e. The van der Waals surface area contributed by atoms with E-state index in [1.165, 1.54) is 19.1 Å². The van der Waals surface area contributed by atoms with Crippen LogP contribution in [0, 0.1) is 5.82 Å². The van der Waals surface area contributed by atoms with Crippen LogP contribution >= 0.6 is 15.9 Å². The Morgan fingerprint density at radius 3 is 2.75 bits per heavy atom. The van der Waals surface area contributed by atoms with E-state index in [1.807, 2.05) is 0 Å². The van der Waals surface area contributed by atoms with Crippen molar-refractivity contribution in [2.45, 2.75) is 12.5 Å². The van der Waals surface area contributed by atoms with E-state index in [0.29, 0.717) is 11.4 Å². The summed E-state index contributed by atoms with van der Waals surface area (Å²) in [5.74, 6) is -0.444. The lowest BCUT2D eigenvalue weighted by atomic mass is 10.1. The SMILES string of the molecule is CC(O)(CO)CNc1cc(F)c(Br)cc1N. The maximum atomic E-state index is 13.2. The van der Waals surface area contributed by atoms with E-state index in [9.17, 15) is 9.50 Å². The molecule has 1 atom stereocenters. The van der Waals surface area contributed by atoms with Gasteiger partial charge in [-0.1, -0.05) is 0 Å². The van der Waals surface area contributed by atoms with Gasteiger partial charge in [0.1, 0.15) is 11.4 Å². The number of nitrogens with two attached hydrogens (primary N) is 1. The van der Waals surface area contributed by atoms with E-state index in [2.05, 4.69) is 21.2 Å². The molecule has 1 aromatic carbocycles. The van der Waals surface area contributed by atoms with Gasteiger partial charge in [-0.3, -0.25) is 0 Å². The number of anilines is 2. The fraction of sp³-hybridized carbons (Fsp3) is 0.400. The number of nitrogens with one attached hydrogen (secondary N) is 1. The van der Waals surface area contributed by atoms with Gasteiger partial charge < -0.3 is 21.3 Å². The first-order chi connectivity index (χ1) is 7.35. The maximum Gasteiger partial charge on any atom is 0.139 e. The van der Waals surface area contributed by atoms with Crippen molar-refractivity contribution < 1.29 is 14.6 Å². The summed E-state index contributed by atoms with van der Waals surface area (Å²) >= 11 is 3.01. The second kappa shape index (κ2) is 4.99. The Morgan fingerprint density at radius 2 is 2.19 bits per heavy atom. The van der Waals surface area contributed by atoms with Gasteiger partial charge in [-0.15, -0.1) is 0 Å². The van der Waals surface area contributed by atoms with Crippen molar-refractivity contribution >= 4 is 27.3 Å². The molecule has 90 valence electrons. The van der Waals surface area contributed by atoms with Gasteiger partial charge in [0.05, 0.1) is 22.5 Å². The van der Waals surface area contributed by atoms with Crippen molar-refractivity contribution in [3.63, 3.8) is 0 Å². The van der Waals surface area contributed by atoms with Crippen molar-refractivity contribution in [2.75, 3.05) is 24.2 Å². The van der Waals surface area contributed by atoms with Crippen LogP contribution in [0.15, 0.2) is 16.6 Å². The molecule has 0 spiro atoms. The van der Waals surface area contributed by atoms with Gasteiger partial charge in [0.25, 0.3) is 0 Å². The number of halogens is 2. The molecule has 0 aliphatic heterocycles. The van der Waals surface area contributed by atoms with Crippen molar-refractivity contribution in [1.82, 2.24) is 0 Å². The molecule has 0 bridgehead atoms. The summed E-state index contributed by atoms with van der Waals surface area (Å²) in [7, 11) is 0. The average molecular weight is 293 g/mol. The molecule has 0 radical (unpaired) electrons. The fourth-order valence-corrected chi connectivity index (χ4v) is 1.42. The van der Waals surface area contributed by atoms with Gasteiger partial charge in [-0.05, 0) is 28.9 Å². The second-order valence-corrected chi connectivity index (χ2v) is 4.72. The Morgan fingerprint density at radius 1 is 1.56 bits per heavy atom. The lowest BCUT2D eigenvalue weighted by Crippen LogP contribution is -2.37. The monoisotopic (exact) mass is 292 g/mol. The van der Waals surface area contributed by atoms with E-state index >= 15 is 0 Å². The van der Waals surface area contributed by atoms with Crippen LogP contribution in [0.4, 0.5) is 15.8 Å². The zero-order chi connectivity index (χ0) is 12.3. The predicted octanol–water partition coefficient (Wildman–Crippen LogP) is 1.33. The van der Waals surface area contributed by atoms with Crippen LogP contribution in [0.1, 0.15) is 6.92 Å². The highest BCUT2D eigenvalue weighted by Gasteiger charge is 2.19. The highest BCUT2D eigenvalue weighted by molar-refractivity contribution is 9.10. The molecule has 0 saturated carbocycles. The fourth-order valence-electron chi connectivity index (χ4n) is 1.06. The zero-order valence-corrected chi connectivity index (χ0v) is 10.4. The maximum absolute atomic E-state index is 13.2. The molecular weight excluding hydrogens is 279 g/mol. The number of aliphatic hydroxyl groups is 2. The number of rotatable bonds is 4. The summed E-state index contributed by atoms with van der Waals surface area (Å²) in [5, 5.41) is 21.2. The summed E-state index contributed by atoms with van der Waals surface area (Å²) < 4.78 is 13.5. The molecule has 5 N–H and O–H groups in total. The summed E-state index contributed by atoms with van der Waals surface area (Å²) in [6.07, 6.45) is 0. The molecule has 0 fully saturated rings. The highest BCUT2D eigenvalue weighted by atomic mass is 79.9. The highest BCUT2D eigenvalue weighted by Crippen LogP contribution is 2.26. The number of hydrogen-bond donors (Lipinski definition) is 4. The molecule has 0 saturated heterocycles. The Balaban J connectivity index is 2.79. The third kappa shape index (κ3) is 3.33. The van der Waals surface area contributed by atoms with Crippen LogP contribution in [0.3, 0.4) is 0 Å². The first-order valence-corrected chi connectivity index (χ1v) is 5.46. The number of benzene rings is 1. The molecule has 1 aromatic rings. The van der Waals surface area contributed by atoms with Crippen LogP contribution in [0.5, 0.6) is 0 Å². The number of hydrogen-bond acceptors (Lipinski definition) is 4. The Bertz CT molecular complexity index is 385. The van der Waals surface area contributed by atoms with Crippen LogP contribution in [0.2, 0.25) is 0 Å². The molecule has 4 nitrogen and oxygen atoms in total. The number of nitrogen functional groups attached to an aromatic ring is 1. The molecule has 1 rings (SSSR count). The van der Waals surface area contributed by atoms with Gasteiger partial charge in [0.2, 0.25) is 0 Å². The molecule has 1 unspecified atom stereocenters. The van der Waals surface area contributed by atoms with Crippen molar-refractivity contribution in [1.29, 1.82) is 0 Å². The first-order valence-electron chi connectivity index (χ1n) is 4.67. The summed E-state index contributed by atoms with van der Waals surface area (Å²) in [4.78, 5) is 0. The summed E-state index contributed by atoms with van der Waals surface area (Å²) in [6.45, 7) is 1.15. The van der Waals surface area contributed by atoms with Crippen molar-refractivity contribution in [2.24, 2.45) is 0 Å². The Kier molecular flexibility index (Phi) is 4.12. The van der Waals surface area contributed by atoms with E-state index in [0.717, 1.165) is 0 Å². The number of aliphatic hydroxyl groups excluding tert-OH is 1. The third-order valence-corrected chi connectivity index (χ3v) is 2.70. The molecule has 16 heavy (non-hydrogen) atoms. The normalized spacial score (nSPS) is 14.6. The zero-order valence-electron chi connectivity index (χ0n) is 8.80. The molecule has 0 aliphatic carbocycles. The van der Waals surface area contributed by atoms with Gasteiger partial charge in [0.15, 0.2) is 0 Å². The minimum absolute atomic E-state index is 0.0781. The first kappa shape index (κ1) is 13.2. The molecule has 0 heterocycles. The molecular formula is C10H14BrFN2O2. The minimum atomic E-state index is -1.27. The van der Waals surface area contributed by atoms with Crippen molar-refractivity contribution in [3.8, 4) is 0 Å². The third-order valence-electron chi connectivity index (χ3n) is 2.09. The van der Waals surface area contributed by atoms with Crippen LogP contribution in [-0.2, 0) is 0 Å². The Labute approximate surface area is 101 Å². The van der Waals surface area contributed by atoms with Crippen LogP contribution in [-0.4, -0.2) is 29.0 Å². The van der Waals surface area contributed by atoms with Crippen molar-refractivity contribution in [3.05, 3.63) is 22.4 Å². The van der Waals surface area contributed by atoms with Crippen LogP contribution in [0.25, 0.3) is 0 Å². The van der Waals surface area contributed by atoms with Gasteiger partial charge in [-0.25, -0.2) is 4.39 Å². The van der Waals surface area contributed by atoms with Gasteiger partial charge in [-0.2, -0.15) is 0 Å². The molecule has 0 aromatic heterocycles. The predicted molar refractivity (Wildman–Crippen MR) is 64.7 cm³/mol. The van der Waals surface area contributed by atoms with Crippen LogP contribution < -0.4 is 11.1 Å². The van der Waals surface area contributed by atoms with E-state index in [1.54, 1.807) is 0 Å².